The van der Waals surface area contributed by atoms with Crippen molar-refractivity contribution < 1.29 is 19.1 Å². The molecule has 0 N–H and O–H groups in total. The molecule has 1 saturated heterocycles. The van der Waals surface area contributed by atoms with E-state index in [0.717, 1.165) is 29.5 Å². The Bertz CT molecular complexity index is 957. The molecule has 0 spiro atoms. The molecule has 7 heteroatoms. The summed E-state index contributed by atoms with van der Waals surface area (Å²) in [5.41, 5.74) is 1.80. The molecule has 3 amide bonds. The lowest BCUT2D eigenvalue weighted by Crippen LogP contribution is -2.39. The fraction of sp³-hybridized carbons (Fsp3) is 0.348. The summed E-state index contributed by atoms with van der Waals surface area (Å²) < 4.78 is 6.46. The number of ether oxygens (including phenoxy) is 1. The summed E-state index contributed by atoms with van der Waals surface area (Å²) in [5.74, 6) is -0.783. The van der Waals surface area contributed by atoms with Crippen molar-refractivity contribution in [2.24, 2.45) is 0 Å². The van der Waals surface area contributed by atoms with Gasteiger partial charge in [-0.25, -0.2) is 0 Å². The lowest BCUT2D eigenvalue weighted by atomic mass is 10.1. The van der Waals surface area contributed by atoms with Gasteiger partial charge >= 0.3 is 0 Å². The Morgan fingerprint density at radius 3 is 2.60 bits per heavy atom. The van der Waals surface area contributed by atoms with Gasteiger partial charge in [-0.1, -0.05) is 46.3 Å². The van der Waals surface area contributed by atoms with Crippen LogP contribution in [0.4, 0.5) is 0 Å². The average Bonchev–Trinajstić information content (AvgIpc) is 3.34. The lowest BCUT2D eigenvalue weighted by Gasteiger charge is -2.26. The number of hydrogen-bond donors (Lipinski definition) is 0. The topological polar surface area (TPSA) is 66.9 Å². The smallest absolute Gasteiger partial charge is 0.261 e. The van der Waals surface area contributed by atoms with Crippen molar-refractivity contribution in [2.45, 2.75) is 31.9 Å². The number of benzene rings is 2. The molecule has 0 saturated carbocycles. The molecule has 0 aliphatic carbocycles. The average molecular weight is 471 g/mol. The van der Waals surface area contributed by atoms with Gasteiger partial charge in [0.2, 0.25) is 5.91 Å². The minimum atomic E-state index is -0.349. The van der Waals surface area contributed by atoms with E-state index in [2.05, 4.69) is 15.9 Å². The molecule has 156 valence electrons. The Kier molecular flexibility index (Phi) is 6.29. The molecule has 2 aliphatic rings. The van der Waals surface area contributed by atoms with Crippen LogP contribution < -0.4 is 0 Å². The summed E-state index contributed by atoms with van der Waals surface area (Å²) in [6.45, 7) is 1.79. The van der Waals surface area contributed by atoms with Crippen LogP contribution in [0, 0.1) is 0 Å². The second kappa shape index (κ2) is 9.10. The predicted molar refractivity (Wildman–Crippen MR) is 115 cm³/mol. The predicted octanol–water partition coefficient (Wildman–Crippen LogP) is 3.64. The number of halogens is 1. The van der Waals surface area contributed by atoms with Crippen molar-refractivity contribution in [1.29, 1.82) is 0 Å². The van der Waals surface area contributed by atoms with E-state index in [1.807, 2.05) is 30.3 Å². The summed E-state index contributed by atoms with van der Waals surface area (Å²) in [7, 11) is 0. The molecule has 0 aromatic heterocycles. The highest BCUT2D eigenvalue weighted by molar-refractivity contribution is 9.10. The molecule has 4 rings (SSSR count). The van der Waals surface area contributed by atoms with Crippen molar-refractivity contribution >= 4 is 33.7 Å². The molecule has 2 heterocycles. The minimum absolute atomic E-state index is 0.0364. The van der Waals surface area contributed by atoms with Crippen LogP contribution in [-0.2, 0) is 16.1 Å². The maximum absolute atomic E-state index is 13.0. The first-order valence-electron chi connectivity index (χ1n) is 10.1. The zero-order chi connectivity index (χ0) is 21.1. The number of hydrogen-bond acceptors (Lipinski definition) is 4. The van der Waals surface area contributed by atoms with Gasteiger partial charge in [-0.3, -0.25) is 19.3 Å². The fourth-order valence-electron chi connectivity index (χ4n) is 3.92. The minimum Gasteiger partial charge on any atom is -0.376 e. The van der Waals surface area contributed by atoms with Gasteiger partial charge in [0.15, 0.2) is 0 Å². The van der Waals surface area contributed by atoms with Crippen LogP contribution in [0.1, 0.15) is 45.5 Å². The van der Waals surface area contributed by atoms with Crippen molar-refractivity contribution in [3.8, 4) is 0 Å². The first-order chi connectivity index (χ1) is 14.5. The largest absolute Gasteiger partial charge is 0.376 e. The highest BCUT2D eigenvalue weighted by atomic mass is 79.9. The van der Waals surface area contributed by atoms with E-state index in [4.69, 9.17) is 4.74 Å². The summed E-state index contributed by atoms with van der Waals surface area (Å²) in [6, 6.07) is 14.8. The van der Waals surface area contributed by atoms with Crippen molar-refractivity contribution in [1.82, 2.24) is 9.80 Å². The number of carbonyl (C=O) groups is 3. The van der Waals surface area contributed by atoms with Crippen LogP contribution in [0.3, 0.4) is 0 Å². The third-order valence-electron chi connectivity index (χ3n) is 5.50. The second-order valence-electron chi connectivity index (χ2n) is 7.60. The monoisotopic (exact) mass is 470 g/mol. The number of amides is 3. The molecule has 30 heavy (non-hydrogen) atoms. The van der Waals surface area contributed by atoms with Gasteiger partial charge in [-0.05, 0) is 36.6 Å². The molecule has 0 radical (unpaired) electrons. The van der Waals surface area contributed by atoms with E-state index in [0.29, 0.717) is 24.2 Å². The van der Waals surface area contributed by atoms with E-state index in [9.17, 15) is 14.4 Å². The fourth-order valence-corrected chi connectivity index (χ4v) is 4.29. The molecule has 6 nitrogen and oxygen atoms in total. The van der Waals surface area contributed by atoms with Crippen molar-refractivity contribution in [3.63, 3.8) is 0 Å². The van der Waals surface area contributed by atoms with Crippen molar-refractivity contribution in [2.75, 3.05) is 19.7 Å². The molecule has 0 bridgehead atoms. The molecule has 2 aliphatic heterocycles. The lowest BCUT2D eigenvalue weighted by molar-refractivity contribution is -0.133. The molecule has 1 fully saturated rings. The Labute approximate surface area is 183 Å². The van der Waals surface area contributed by atoms with E-state index < -0.39 is 0 Å². The molecule has 1 unspecified atom stereocenters. The van der Waals surface area contributed by atoms with Crippen molar-refractivity contribution in [3.05, 3.63) is 69.7 Å². The van der Waals surface area contributed by atoms with Crippen LogP contribution in [0.15, 0.2) is 53.0 Å². The van der Waals surface area contributed by atoms with Crippen LogP contribution in [0.5, 0.6) is 0 Å². The van der Waals surface area contributed by atoms with E-state index in [1.54, 1.807) is 23.1 Å². The van der Waals surface area contributed by atoms with E-state index in [1.165, 1.54) is 4.90 Å². The second-order valence-corrected chi connectivity index (χ2v) is 8.51. The van der Waals surface area contributed by atoms with Crippen LogP contribution >= 0.6 is 15.9 Å². The molecule has 1 atom stereocenters. The molecule has 2 aromatic carbocycles. The Hall–Kier alpha value is -2.51. The van der Waals surface area contributed by atoms with Gasteiger partial charge in [0.1, 0.15) is 0 Å². The summed E-state index contributed by atoms with van der Waals surface area (Å²) in [5, 5.41) is 0. The molecular formula is C23H23BrN2O4. The standard InChI is InChI=1S/C23H23BrN2O4/c24-17-8-9-19-20(13-17)23(29)26(22(19)28)11-10-21(27)25(15-18-7-4-12-30-18)14-16-5-2-1-3-6-16/h1-3,5-6,8-9,13,18H,4,7,10-12,14-15H2. The van der Waals surface area contributed by atoms with Crippen LogP contribution in [-0.4, -0.2) is 53.3 Å². The number of nitrogens with zero attached hydrogens (tertiary/aromatic N) is 2. The van der Waals surface area contributed by atoms with Crippen LogP contribution in [0.25, 0.3) is 0 Å². The first-order valence-corrected chi connectivity index (χ1v) is 10.9. The third-order valence-corrected chi connectivity index (χ3v) is 5.99. The van der Waals surface area contributed by atoms with Gasteiger partial charge in [0, 0.05) is 37.1 Å². The zero-order valence-corrected chi connectivity index (χ0v) is 18.1. The highest BCUT2D eigenvalue weighted by Gasteiger charge is 2.36. The summed E-state index contributed by atoms with van der Waals surface area (Å²) >= 11 is 3.33. The number of imide groups is 1. The third kappa shape index (κ3) is 4.47. The molecular weight excluding hydrogens is 448 g/mol. The van der Waals surface area contributed by atoms with Gasteiger partial charge in [-0.15, -0.1) is 0 Å². The normalized spacial score (nSPS) is 18.0. The van der Waals surface area contributed by atoms with Gasteiger partial charge in [-0.2, -0.15) is 0 Å². The summed E-state index contributed by atoms with van der Waals surface area (Å²) in [4.78, 5) is 41.3. The van der Waals surface area contributed by atoms with Gasteiger partial charge in [0.25, 0.3) is 11.8 Å². The first kappa shape index (κ1) is 20.8. The number of rotatable bonds is 7. The van der Waals surface area contributed by atoms with Crippen LogP contribution in [0.2, 0.25) is 0 Å². The van der Waals surface area contributed by atoms with Gasteiger partial charge in [0.05, 0.1) is 17.2 Å². The quantitative estimate of drug-likeness (QED) is 0.579. The Morgan fingerprint density at radius 2 is 1.87 bits per heavy atom. The van der Waals surface area contributed by atoms with E-state index >= 15 is 0 Å². The SMILES string of the molecule is O=C(CCN1C(=O)c2ccc(Br)cc2C1=O)N(Cc1ccccc1)CC1CCCO1. The maximum atomic E-state index is 13.0. The zero-order valence-electron chi connectivity index (χ0n) is 16.6. The summed E-state index contributed by atoms with van der Waals surface area (Å²) in [6.07, 6.45) is 2.06. The van der Waals surface area contributed by atoms with E-state index in [-0.39, 0.29) is 36.8 Å². The number of carbonyl (C=O) groups excluding carboxylic acids is 3. The Morgan fingerprint density at radius 1 is 1.10 bits per heavy atom. The van der Waals surface area contributed by atoms with Gasteiger partial charge < -0.3 is 9.64 Å². The number of fused-ring (bicyclic) bond motifs is 1. The maximum Gasteiger partial charge on any atom is 0.261 e. The highest BCUT2D eigenvalue weighted by Crippen LogP contribution is 2.26. The molecule has 2 aromatic rings. The Balaban J connectivity index is 1.43.